The maximum absolute atomic E-state index is 10.8. The van der Waals surface area contributed by atoms with E-state index < -0.39 is 11.4 Å². The standard InChI is InChI=1S/C10H12O3S/c1-8-2-4-9(5-3-8)10-6-12-14(11)13-7-10/h2-5,10H,6-7H2,1H3. The zero-order valence-corrected chi connectivity index (χ0v) is 8.75. The minimum atomic E-state index is -1.54. The molecule has 0 bridgehead atoms. The minimum absolute atomic E-state index is 0.202. The average Bonchev–Trinajstić information content (AvgIpc) is 2.21. The Labute approximate surface area is 85.9 Å². The lowest BCUT2D eigenvalue weighted by Gasteiger charge is -2.20. The van der Waals surface area contributed by atoms with E-state index in [9.17, 15) is 4.21 Å². The number of hydrogen-bond donors (Lipinski definition) is 0. The summed E-state index contributed by atoms with van der Waals surface area (Å²) in [5.41, 5.74) is 2.40. The molecule has 0 aliphatic carbocycles. The van der Waals surface area contributed by atoms with Gasteiger partial charge in [-0.25, -0.2) is 0 Å². The first kappa shape index (κ1) is 9.83. The summed E-state index contributed by atoms with van der Waals surface area (Å²) in [6, 6.07) is 8.23. The third-order valence-electron chi connectivity index (χ3n) is 2.28. The third kappa shape index (κ3) is 2.20. The first-order valence-corrected chi connectivity index (χ1v) is 5.50. The molecule has 1 aromatic carbocycles. The van der Waals surface area contributed by atoms with Crippen LogP contribution in [0.25, 0.3) is 0 Å². The maximum atomic E-state index is 10.8. The Morgan fingerprint density at radius 2 is 1.79 bits per heavy atom. The van der Waals surface area contributed by atoms with Crippen LogP contribution in [0.4, 0.5) is 0 Å². The van der Waals surface area contributed by atoms with Gasteiger partial charge in [-0.1, -0.05) is 29.8 Å². The van der Waals surface area contributed by atoms with Gasteiger partial charge in [0.1, 0.15) is 0 Å². The summed E-state index contributed by atoms with van der Waals surface area (Å²) >= 11 is -1.54. The van der Waals surface area contributed by atoms with Gasteiger partial charge in [-0.05, 0) is 12.5 Å². The van der Waals surface area contributed by atoms with Crippen molar-refractivity contribution in [3.63, 3.8) is 0 Å². The van der Waals surface area contributed by atoms with Crippen LogP contribution in [0.15, 0.2) is 24.3 Å². The van der Waals surface area contributed by atoms with Gasteiger partial charge < -0.3 is 0 Å². The highest BCUT2D eigenvalue weighted by atomic mass is 32.2. The Morgan fingerprint density at radius 3 is 2.36 bits per heavy atom. The number of benzene rings is 1. The van der Waals surface area contributed by atoms with Crippen molar-refractivity contribution >= 4 is 11.4 Å². The first-order valence-electron chi connectivity index (χ1n) is 4.50. The first-order chi connectivity index (χ1) is 6.75. The molecule has 1 fully saturated rings. The normalized spacial score (nSPS) is 27.5. The fraction of sp³-hybridized carbons (Fsp3) is 0.400. The molecule has 1 aliphatic rings. The molecular weight excluding hydrogens is 200 g/mol. The summed E-state index contributed by atoms with van der Waals surface area (Å²) in [5, 5.41) is 0. The molecule has 14 heavy (non-hydrogen) atoms. The molecule has 1 heterocycles. The lowest BCUT2D eigenvalue weighted by molar-refractivity contribution is 0.160. The van der Waals surface area contributed by atoms with E-state index in [0.717, 1.165) is 0 Å². The summed E-state index contributed by atoms with van der Waals surface area (Å²) in [4.78, 5) is 0. The molecule has 0 atom stereocenters. The van der Waals surface area contributed by atoms with Gasteiger partial charge in [0, 0.05) is 5.92 Å². The summed E-state index contributed by atoms with van der Waals surface area (Å²) in [7, 11) is 0. The van der Waals surface area contributed by atoms with E-state index in [1.54, 1.807) is 0 Å². The molecule has 1 aromatic rings. The molecule has 0 radical (unpaired) electrons. The highest BCUT2D eigenvalue weighted by Gasteiger charge is 2.20. The summed E-state index contributed by atoms with van der Waals surface area (Å²) in [6.07, 6.45) is 0. The second-order valence-electron chi connectivity index (χ2n) is 3.38. The summed E-state index contributed by atoms with van der Waals surface area (Å²) in [6.45, 7) is 2.98. The highest BCUT2D eigenvalue weighted by molar-refractivity contribution is 7.75. The lowest BCUT2D eigenvalue weighted by atomic mass is 10.00. The fourth-order valence-electron chi connectivity index (χ4n) is 1.39. The molecule has 2 rings (SSSR count). The van der Waals surface area contributed by atoms with Crippen molar-refractivity contribution in [2.45, 2.75) is 12.8 Å². The van der Waals surface area contributed by atoms with Gasteiger partial charge in [0.05, 0.1) is 13.2 Å². The van der Waals surface area contributed by atoms with Gasteiger partial charge in [-0.2, -0.15) is 4.21 Å². The van der Waals surface area contributed by atoms with Gasteiger partial charge in [0.15, 0.2) is 0 Å². The maximum Gasteiger partial charge on any atom is 0.304 e. The predicted octanol–water partition coefficient (Wildman–Crippen LogP) is 1.70. The van der Waals surface area contributed by atoms with Crippen molar-refractivity contribution in [3.8, 4) is 0 Å². The number of aryl methyl sites for hydroxylation is 1. The molecule has 3 nitrogen and oxygen atoms in total. The summed E-state index contributed by atoms with van der Waals surface area (Å²) in [5.74, 6) is 0.202. The summed E-state index contributed by atoms with van der Waals surface area (Å²) < 4.78 is 20.6. The highest BCUT2D eigenvalue weighted by Crippen LogP contribution is 2.21. The van der Waals surface area contributed by atoms with E-state index in [1.165, 1.54) is 11.1 Å². The quantitative estimate of drug-likeness (QED) is 0.710. The molecule has 0 amide bonds. The topological polar surface area (TPSA) is 35.5 Å². The number of hydrogen-bond acceptors (Lipinski definition) is 3. The molecule has 0 N–H and O–H groups in total. The van der Waals surface area contributed by atoms with Gasteiger partial charge in [0.25, 0.3) is 0 Å². The molecule has 0 saturated carbocycles. The molecule has 0 unspecified atom stereocenters. The van der Waals surface area contributed by atoms with Crippen molar-refractivity contribution < 1.29 is 12.6 Å². The van der Waals surface area contributed by atoms with Crippen LogP contribution >= 0.6 is 0 Å². The van der Waals surface area contributed by atoms with Gasteiger partial charge in [0.2, 0.25) is 0 Å². The van der Waals surface area contributed by atoms with Crippen LogP contribution < -0.4 is 0 Å². The van der Waals surface area contributed by atoms with E-state index in [4.69, 9.17) is 8.37 Å². The molecule has 1 aliphatic heterocycles. The van der Waals surface area contributed by atoms with Crippen molar-refractivity contribution in [1.82, 2.24) is 0 Å². The van der Waals surface area contributed by atoms with E-state index in [-0.39, 0.29) is 5.92 Å². The van der Waals surface area contributed by atoms with Gasteiger partial charge >= 0.3 is 11.4 Å². The molecule has 76 valence electrons. The van der Waals surface area contributed by atoms with Crippen molar-refractivity contribution in [2.24, 2.45) is 0 Å². The van der Waals surface area contributed by atoms with Crippen LogP contribution in [0.1, 0.15) is 17.0 Å². The number of rotatable bonds is 1. The van der Waals surface area contributed by atoms with Gasteiger partial charge in [-0.3, -0.25) is 8.37 Å². The Hall–Kier alpha value is -0.710. The van der Waals surface area contributed by atoms with Crippen molar-refractivity contribution in [2.75, 3.05) is 13.2 Å². The van der Waals surface area contributed by atoms with Crippen LogP contribution in [0.2, 0.25) is 0 Å². The molecule has 1 saturated heterocycles. The smallest absolute Gasteiger partial charge is 0.268 e. The second-order valence-corrected chi connectivity index (χ2v) is 4.26. The molecule has 0 spiro atoms. The SMILES string of the molecule is Cc1ccc(C2COS(=O)OC2)cc1. The van der Waals surface area contributed by atoms with Crippen LogP contribution in [0.5, 0.6) is 0 Å². The van der Waals surface area contributed by atoms with E-state index in [0.29, 0.717) is 13.2 Å². The van der Waals surface area contributed by atoms with Crippen LogP contribution in [-0.2, 0) is 19.7 Å². The second kappa shape index (κ2) is 4.21. The van der Waals surface area contributed by atoms with E-state index in [2.05, 4.69) is 24.3 Å². The minimum Gasteiger partial charge on any atom is -0.268 e. The zero-order valence-electron chi connectivity index (χ0n) is 7.93. The van der Waals surface area contributed by atoms with Gasteiger partial charge in [-0.15, -0.1) is 0 Å². The average molecular weight is 212 g/mol. The van der Waals surface area contributed by atoms with E-state index in [1.807, 2.05) is 6.92 Å². The predicted molar refractivity (Wildman–Crippen MR) is 54.0 cm³/mol. The van der Waals surface area contributed by atoms with Crippen molar-refractivity contribution in [1.29, 1.82) is 0 Å². The van der Waals surface area contributed by atoms with Crippen LogP contribution in [0, 0.1) is 6.92 Å². The van der Waals surface area contributed by atoms with Crippen LogP contribution in [0.3, 0.4) is 0 Å². The third-order valence-corrected chi connectivity index (χ3v) is 2.94. The fourth-order valence-corrected chi connectivity index (χ4v) is 2.01. The van der Waals surface area contributed by atoms with Crippen molar-refractivity contribution in [3.05, 3.63) is 35.4 Å². The lowest BCUT2D eigenvalue weighted by Crippen LogP contribution is -2.22. The van der Waals surface area contributed by atoms with E-state index >= 15 is 0 Å². The monoisotopic (exact) mass is 212 g/mol. The molecular formula is C10H12O3S. The van der Waals surface area contributed by atoms with Crippen LogP contribution in [-0.4, -0.2) is 17.4 Å². The largest absolute Gasteiger partial charge is 0.304 e. The Kier molecular flexibility index (Phi) is 2.96. The zero-order chi connectivity index (χ0) is 9.97. The molecule has 0 aromatic heterocycles. The Morgan fingerprint density at radius 1 is 1.21 bits per heavy atom. The molecule has 4 heteroatoms. The Bertz CT molecular complexity index is 324. The Balaban J connectivity index is 2.08.